The molecule has 2 fully saturated rings. The number of rotatable bonds is 6. The number of ether oxygens (including phenoxy) is 1. The standard InChI is InChI=1S/C21H31NO3/c1-5-11-22(12-6-2)13-16-15-7-9-21(4)10-8-17(23)14(3)18(21)19(15)25-20(16)24/h8,10,15-16,19H,5-7,9,11-13H2,1-4H3/t15-,16-,19-,21-/m0/s1. The average molecular weight is 345 g/mol. The molecule has 3 rings (SSSR count). The van der Waals surface area contributed by atoms with E-state index < -0.39 is 0 Å². The molecule has 1 aliphatic heterocycles. The first-order chi connectivity index (χ1) is 11.9. The smallest absolute Gasteiger partial charge is 0.311 e. The Hall–Kier alpha value is -1.42. The van der Waals surface area contributed by atoms with Gasteiger partial charge in [-0.1, -0.05) is 26.8 Å². The molecule has 4 nitrogen and oxygen atoms in total. The zero-order valence-corrected chi connectivity index (χ0v) is 16.0. The van der Waals surface area contributed by atoms with Crippen LogP contribution in [0.4, 0.5) is 0 Å². The van der Waals surface area contributed by atoms with Crippen LogP contribution >= 0.6 is 0 Å². The third kappa shape index (κ3) is 3.21. The maximum Gasteiger partial charge on any atom is 0.311 e. The Kier molecular flexibility index (Phi) is 5.19. The minimum absolute atomic E-state index is 0.0611. The molecule has 3 aliphatic rings. The van der Waals surface area contributed by atoms with Crippen LogP contribution in [0.1, 0.15) is 53.4 Å². The Morgan fingerprint density at radius 2 is 1.92 bits per heavy atom. The quantitative estimate of drug-likeness (QED) is 0.691. The Bertz CT molecular complexity index is 615. The van der Waals surface area contributed by atoms with E-state index >= 15 is 0 Å². The molecule has 25 heavy (non-hydrogen) atoms. The maximum atomic E-state index is 12.7. The number of hydrogen-bond donors (Lipinski definition) is 0. The molecule has 4 heteroatoms. The lowest BCUT2D eigenvalue weighted by molar-refractivity contribution is -0.144. The number of carbonyl (C=O) groups is 2. The fraction of sp³-hybridized carbons (Fsp3) is 0.714. The number of hydrogen-bond acceptors (Lipinski definition) is 4. The summed E-state index contributed by atoms with van der Waals surface area (Å²) in [6.07, 6.45) is 7.66. The van der Waals surface area contributed by atoms with Crippen molar-refractivity contribution in [3.8, 4) is 0 Å². The van der Waals surface area contributed by atoms with Crippen molar-refractivity contribution in [1.82, 2.24) is 4.90 Å². The van der Waals surface area contributed by atoms with Crippen LogP contribution in [0.25, 0.3) is 0 Å². The molecule has 0 N–H and O–H groups in total. The Balaban J connectivity index is 1.85. The highest BCUT2D eigenvalue weighted by Crippen LogP contribution is 2.53. The van der Waals surface area contributed by atoms with Crippen LogP contribution in [-0.2, 0) is 14.3 Å². The minimum atomic E-state index is -0.213. The van der Waals surface area contributed by atoms with Gasteiger partial charge in [0.15, 0.2) is 5.78 Å². The molecule has 1 heterocycles. The van der Waals surface area contributed by atoms with Crippen molar-refractivity contribution in [3.05, 3.63) is 23.3 Å². The molecule has 0 unspecified atom stereocenters. The van der Waals surface area contributed by atoms with Gasteiger partial charge in [0, 0.05) is 23.5 Å². The Morgan fingerprint density at radius 1 is 1.24 bits per heavy atom. The molecule has 0 amide bonds. The summed E-state index contributed by atoms with van der Waals surface area (Å²) in [4.78, 5) is 27.3. The van der Waals surface area contributed by atoms with Crippen molar-refractivity contribution < 1.29 is 14.3 Å². The van der Waals surface area contributed by atoms with E-state index in [0.717, 1.165) is 56.5 Å². The van der Waals surface area contributed by atoms with Gasteiger partial charge in [0.2, 0.25) is 0 Å². The number of ketones is 1. The first kappa shape index (κ1) is 18.4. The second-order valence-corrected chi connectivity index (χ2v) is 8.12. The highest BCUT2D eigenvalue weighted by molar-refractivity contribution is 6.05. The van der Waals surface area contributed by atoms with E-state index in [0.29, 0.717) is 0 Å². The second-order valence-electron chi connectivity index (χ2n) is 8.12. The van der Waals surface area contributed by atoms with E-state index in [9.17, 15) is 9.59 Å². The highest BCUT2D eigenvalue weighted by atomic mass is 16.6. The molecule has 0 aromatic carbocycles. The van der Waals surface area contributed by atoms with Crippen LogP contribution in [-0.4, -0.2) is 42.4 Å². The fourth-order valence-corrected chi connectivity index (χ4v) is 4.98. The Labute approximate surface area is 151 Å². The van der Waals surface area contributed by atoms with Gasteiger partial charge in [-0.15, -0.1) is 0 Å². The summed E-state index contributed by atoms with van der Waals surface area (Å²) in [5, 5.41) is 0. The van der Waals surface area contributed by atoms with Gasteiger partial charge in [-0.3, -0.25) is 9.59 Å². The lowest BCUT2D eigenvalue weighted by Gasteiger charge is -2.43. The molecular formula is C21H31NO3. The molecule has 4 atom stereocenters. The number of carbonyl (C=O) groups excluding carboxylic acids is 2. The Morgan fingerprint density at radius 3 is 2.56 bits per heavy atom. The second kappa shape index (κ2) is 7.06. The molecule has 0 spiro atoms. The normalized spacial score (nSPS) is 34.4. The van der Waals surface area contributed by atoms with Crippen LogP contribution in [0.15, 0.2) is 23.3 Å². The largest absolute Gasteiger partial charge is 0.457 e. The van der Waals surface area contributed by atoms with Crippen molar-refractivity contribution in [3.63, 3.8) is 0 Å². The minimum Gasteiger partial charge on any atom is -0.457 e. The number of fused-ring (bicyclic) bond motifs is 3. The van der Waals surface area contributed by atoms with Crippen molar-refractivity contribution in [2.75, 3.05) is 19.6 Å². The monoisotopic (exact) mass is 345 g/mol. The van der Waals surface area contributed by atoms with E-state index in [1.54, 1.807) is 6.08 Å². The zero-order valence-electron chi connectivity index (χ0n) is 16.0. The van der Waals surface area contributed by atoms with Crippen LogP contribution < -0.4 is 0 Å². The molecule has 2 aliphatic carbocycles. The third-order valence-corrected chi connectivity index (χ3v) is 6.26. The van der Waals surface area contributed by atoms with Crippen molar-refractivity contribution >= 4 is 11.8 Å². The summed E-state index contributed by atoms with van der Waals surface area (Å²) in [6, 6.07) is 0. The van der Waals surface area contributed by atoms with Crippen LogP contribution in [0.5, 0.6) is 0 Å². The van der Waals surface area contributed by atoms with Gasteiger partial charge >= 0.3 is 5.97 Å². The number of allylic oxidation sites excluding steroid dienone is 3. The molecule has 138 valence electrons. The van der Waals surface area contributed by atoms with Gasteiger partial charge in [-0.05, 0) is 57.3 Å². The fourth-order valence-electron chi connectivity index (χ4n) is 4.98. The molecule has 0 aromatic heterocycles. The first-order valence-corrected chi connectivity index (χ1v) is 9.79. The first-order valence-electron chi connectivity index (χ1n) is 9.79. The molecular weight excluding hydrogens is 314 g/mol. The third-order valence-electron chi connectivity index (χ3n) is 6.26. The average Bonchev–Trinajstić information content (AvgIpc) is 2.87. The molecule has 1 saturated heterocycles. The van der Waals surface area contributed by atoms with E-state index in [2.05, 4.69) is 25.7 Å². The summed E-state index contributed by atoms with van der Waals surface area (Å²) in [5.41, 5.74) is 1.71. The molecule has 0 aromatic rings. The van der Waals surface area contributed by atoms with E-state index in [1.807, 2.05) is 13.0 Å². The molecule has 0 bridgehead atoms. The van der Waals surface area contributed by atoms with Crippen LogP contribution in [0.3, 0.4) is 0 Å². The van der Waals surface area contributed by atoms with E-state index in [-0.39, 0.29) is 35.1 Å². The number of esters is 1. The van der Waals surface area contributed by atoms with Gasteiger partial charge in [0.25, 0.3) is 0 Å². The summed E-state index contributed by atoms with van der Waals surface area (Å²) < 4.78 is 5.88. The number of nitrogens with zero attached hydrogens (tertiary/aromatic N) is 1. The summed E-state index contributed by atoms with van der Waals surface area (Å²) in [6.45, 7) is 11.3. The highest BCUT2D eigenvalue weighted by Gasteiger charge is 2.54. The van der Waals surface area contributed by atoms with Gasteiger partial charge in [0.1, 0.15) is 6.10 Å². The van der Waals surface area contributed by atoms with Gasteiger partial charge in [-0.25, -0.2) is 0 Å². The van der Waals surface area contributed by atoms with Crippen molar-refractivity contribution in [2.45, 2.75) is 59.5 Å². The zero-order chi connectivity index (χ0) is 18.2. The lowest BCUT2D eigenvalue weighted by Crippen LogP contribution is -2.42. The predicted octanol–water partition coefficient (Wildman–Crippen LogP) is 3.52. The summed E-state index contributed by atoms with van der Waals surface area (Å²) in [7, 11) is 0. The summed E-state index contributed by atoms with van der Waals surface area (Å²) >= 11 is 0. The maximum absolute atomic E-state index is 12.7. The lowest BCUT2D eigenvalue weighted by atomic mass is 9.61. The van der Waals surface area contributed by atoms with Crippen molar-refractivity contribution in [1.29, 1.82) is 0 Å². The van der Waals surface area contributed by atoms with Gasteiger partial charge < -0.3 is 9.64 Å². The van der Waals surface area contributed by atoms with E-state index in [1.165, 1.54) is 0 Å². The van der Waals surface area contributed by atoms with Gasteiger partial charge in [-0.2, -0.15) is 0 Å². The van der Waals surface area contributed by atoms with E-state index in [4.69, 9.17) is 4.74 Å². The van der Waals surface area contributed by atoms with Crippen LogP contribution in [0.2, 0.25) is 0 Å². The summed E-state index contributed by atoms with van der Waals surface area (Å²) in [5.74, 6) is 0.139. The SMILES string of the molecule is CCCN(CCC)C[C@@H]1C(=O)O[C@@H]2C3=C(C)C(=O)C=C[C@]3(C)CC[C@@H]12. The molecule has 1 saturated carbocycles. The van der Waals surface area contributed by atoms with Crippen molar-refractivity contribution in [2.24, 2.45) is 17.3 Å². The van der Waals surface area contributed by atoms with Crippen LogP contribution in [0, 0.1) is 17.3 Å². The topological polar surface area (TPSA) is 46.6 Å². The van der Waals surface area contributed by atoms with Gasteiger partial charge in [0.05, 0.1) is 5.92 Å². The predicted molar refractivity (Wildman–Crippen MR) is 98.1 cm³/mol. The molecule has 0 radical (unpaired) electrons.